The van der Waals surface area contributed by atoms with E-state index in [-0.39, 0.29) is 23.6 Å². The number of hydroxylamine groups is 1. The zero-order valence-corrected chi connectivity index (χ0v) is 15.0. The average molecular weight is 399 g/mol. The zero-order chi connectivity index (χ0) is 19.3. The number of rotatable bonds is 6. The molecule has 0 saturated heterocycles. The van der Waals surface area contributed by atoms with E-state index >= 15 is 0 Å². The van der Waals surface area contributed by atoms with Gasteiger partial charge < -0.3 is 4.74 Å². The molecule has 0 unspecified atom stereocenters. The Hall–Kier alpha value is -3.16. The van der Waals surface area contributed by atoms with E-state index in [1.165, 1.54) is 29.7 Å². The summed E-state index contributed by atoms with van der Waals surface area (Å²) in [6.45, 7) is 0. The third-order valence-corrected chi connectivity index (χ3v) is 5.72. The normalized spacial score (nSPS) is 10.6. The monoisotopic (exact) mass is 399 g/mol. The average Bonchev–Trinajstić information content (AvgIpc) is 2.69. The summed E-state index contributed by atoms with van der Waals surface area (Å²) in [5, 5.41) is 8.70. The van der Waals surface area contributed by atoms with Crippen LogP contribution in [-0.2, 0) is 21.1 Å². The second-order valence-electron chi connectivity index (χ2n) is 5.71. The molecule has 3 aromatic carbocycles. The van der Waals surface area contributed by atoms with Crippen LogP contribution in [0, 0.1) is 0 Å². The maximum atomic E-state index is 13.0. The molecule has 28 heavy (non-hydrogen) atoms. The van der Waals surface area contributed by atoms with Crippen LogP contribution in [-0.4, -0.2) is 19.5 Å². The molecular formula is C21H21NO5S. The van der Waals surface area contributed by atoms with Gasteiger partial charge in [-0.2, -0.15) is 0 Å². The van der Waals surface area contributed by atoms with Crippen molar-refractivity contribution >= 4 is 15.7 Å². The molecular weight excluding hydrogens is 378 g/mol. The highest BCUT2D eigenvalue weighted by Gasteiger charge is 2.22. The van der Waals surface area contributed by atoms with Gasteiger partial charge in [0, 0.05) is 0 Å². The summed E-state index contributed by atoms with van der Waals surface area (Å²) in [6, 6.07) is 21.4. The molecule has 0 radical (unpaired) electrons. The fourth-order valence-corrected chi connectivity index (χ4v) is 4.05. The molecule has 0 aliphatic heterocycles. The van der Waals surface area contributed by atoms with Gasteiger partial charge in [-0.1, -0.05) is 43.8 Å². The number of sulfone groups is 1. The Balaban J connectivity index is 0.00000280. The van der Waals surface area contributed by atoms with Crippen LogP contribution in [0.1, 0.15) is 13.0 Å². The van der Waals surface area contributed by atoms with E-state index < -0.39 is 15.7 Å². The van der Waals surface area contributed by atoms with Crippen molar-refractivity contribution in [1.82, 2.24) is 5.48 Å². The number of amides is 1. The second-order valence-corrected chi connectivity index (χ2v) is 7.63. The van der Waals surface area contributed by atoms with E-state index in [1.54, 1.807) is 36.4 Å². The lowest BCUT2D eigenvalue weighted by Gasteiger charge is -2.11. The van der Waals surface area contributed by atoms with Crippen molar-refractivity contribution in [2.75, 3.05) is 0 Å². The molecule has 0 heterocycles. The first-order valence-corrected chi connectivity index (χ1v) is 9.58. The highest BCUT2D eigenvalue weighted by atomic mass is 32.2. The van der Waals surface area contributed by atoms with Crippen LogP contribution in [0.3, 0.4) is 0 Å². The topological polar surface area (TPSA) is 92.7 Å². The molecule has 6 nitrogen and oxygen atoms in total. The molecule has 1 amide bonds. The number of para-hydroxylation sites is 1. The number of hydrogen-bond acceptors (Lipinski definition) is 5. The standard InChI is InChI=1S/C20H17NO5S.CH4/c22-20(21-23)14-15-6-4-5-9-19(15)27(24,25)18-12-10-17(11-13-18)26-16-7-2-1-3-8-16;/h1-13,23H,14H2,(H,21,22);1H4. The molecule has 0 aliphatic carbocycles. The molecule has 0 spiro atoms. The zero-order valence-electron chi connectivity index (χ0n) is 14.2. The number of benzene rings is 3. The van der Waals surface area contributed by atoms with E-state index in [0.29, 0.717) is 17.1 Å². The molecule has 0 aromatic heterocycles. The van der Waals surface area contributed by atoms with Gasteiger partial charge >= 0.3 is 0 Å². The van der Waals surface area contributed by atoms with Gasteiger partial charge in [-0.05, 0) is 48.0 Å². The van der Waals surface area contributed by atoms with Gasteiger partial charge in [-0.3, -0.25) is 10.0 Å². The Morgan fingerprint density at radius 3 is 2.07 bits per heavy atom. The number of carbonyl (C=O) groups is 1. The quantitative estimate of drug-likeness (QED) is 0.483. The second kappa shape index (κ2) is 9.16. The van der Waals surface area contributed by atoms with Gasteiger partial charge in [0.05, 0.1) is 16.2 Å². The van der Waals surface area contributed by atoms with Crippen LogP contribution in [0.4, 0.5) is 0 Å². The van der Waals surface area contributed by atoms with Crippen molar-refractivity contribution in [3.05, 3.63) is 84.4 Å². The number of ether oxygens (including phenoxy) is 1. The first kappa shape index (κ1) is 21.1. The summed E-state index contributed by atoms with van der Waals surface area (Å²) in [4.78, 5) is 11.5. The van der Waals surface area contributed by atoms with E-state index in [9.17, 15) is 13.2 Å². The van der Waals surface area contributed by atoms with Gasteiger partial charge in [0.2, 0.25) is 15.7 Å². The third-order valence-electron chi connectivity index (χ3n) is 3.85. The van der Waals surface area contributed by atoms with Crippen molar-refractivity contribution in [3.63, 3.8) is 0 Å². The Morgan fingerprint density at radius 1 is 0.857 bits per heavy atom. The van der Waals surface area contributed by atoms with E-state index in [2.05, 4.69) is 0 Å². The number of carbonyl (C=O) groups excluding carboxylic acids is 1. The first-order valence-electron chi connectivity index (χ1n) is 8.09. The molecule has 146 valence electrons. The summed E-state index contributed by atoms with van der Waals surface area (Å²) >= 11 is 0. The molecule has 3 aromatic rings. The van der Waals surface area contributed by atoms with Gasteiger partial charge in [0.15, 0.2) is 0 Å². The lowest BCUT2D eigenvalue weighted by molar-refractivity contribution is -0.128. The third kappa shape index (κ3) is 4.76. The Labute approximate surface area is 164 Å². The van der Waals surface area contributed by atoms with Crippen LogP contribution in [0.25, 0.3) is 0 Å². The van der Waals surface area contributed by atoms with E-state index in [4.69, 9.17) is 9.94 Å². The summed E-state index contributed by atoms with van der Waals surface area (Å²) in [5.41, 5.74) is 1.81. The summed E-state index contributed by atoms with van der Waals surface area (Å²) in [7, 11) is -3.83. The van der Waals surface area contributed by atoms with Gasteiger partial charge in [0.1, 0.15) is 11.5 Å². The predicted molar refractivity (Wildman–Crippen MR) is 105 cm³/mol. The van der Waals surface area contributed by atoms with Crippen LogP contribution < -0.4 is 10.2 Å². The largest absolute Gasteiger partial charge is 0.457 e. The number of hydrogen-bond donors (Lipinski definition) is 2. The molecule has 0 bridgehead atoms. The fourth-order valence-electron chi connectivity index (χ4n) is 2.56. The van der Waals surface area contributed by atoms with Crippen molar-refractivity contribution in [1.29, 1.82) is 0 Å². The van der Waals surface area contributed by atoms with Gasteiger partial charge in [-0.25, -0.2) is 13.9 Å². The van der Waals surface area contributed by atoms with Crippen LogP contribution >= 0.6 is 0 Å². The Bertz CT molecular complexity index is 1030. The summed E-state index contributed by atoms with van der Waals surface area (Å²) in [6.07, 6.45) is -0.249. The van der Waals surface area contributed by atoms with Gasteiger partial charge in [-0.15, -0.1) is 0 Å². The fraction of sp³-hybridized carbons (Fsp3) is 0.0952. The van der Waals surface area contributed by atoms with Crippen LogP contribution in [0.2, 0.25) is 0 Å². The molecule has 0 saturated carbocycles. The molecule has 0 fully saturated rings. The summed E-state index contributed by atoms with van der Waals surface area (Å²) in [5.74, 6) is 0.464. The smallest absolute Gasteiger partial charge is 0.247 e. The minimum absolute atomic E-state index is 0. The van der Waals surface area contributed by atoms with Crippen LogP contribution in [0.15, 0.2) is 88.7 Å². The first-order chi connectivity index (χ1) is 13.0. The molecule has 0 atom stereocenters. The Kier molecular flexibility index (Phi) is 6.92. The maximum absolute atomic E-state index is 13.0. The van der Waals surface area contributed by atoms with Crippen LogP contribution in [0.5, 0.6) is 11.5 Å². The lowest BCUT2D eigenvalue weighted by atomic mass is 10.1. The number of nitrogens with one attached hydrogen (secondary N) is 1. The molecule has 0 aliphatic rings. The summed E-state index contributed by atoms with van der Waals surface area (Å²) < 4.78 is 31.6. The van der Waals surface area contributed by atoms with Crippen molar-refractivity contribution in [3.8, 4) is 11.5 Å². The van der Waals surface area contributed by atoms with Crippen molar-refractivity contribution < 1.29 is 23.2 Å². The molecule has 2 N–H and O–H groups in total. The molecule has 7 heteroatoms. The van der Waals surface area contributed by atoms with E-state index in [1.807, 2.05) is 18.2 Å². The van der Waals surface area contributed by atoms with Crippen molar-refractivity contribution in [2.45, 2.75) is 23.6 Å². The SMILES string of the molecule is C.O=C(Cc1ccccc1S(=O)(=O)c1ccc(Oc2ccccc2)cc1)NO. The van der Waals surface area contributed by atoms with Crippen molar-refractivity contribution in [2.24, 2.45) is 0 Å². The molecule has 3 rings (SSSR count). The minimum atomic E-state index is -3.83. The Morgan fingerprint density at radius 2 is 1.43 bits per heavy atom. The van der Waals surface area contributed by atoms with Gasteiger partial charge in [0.25, 0.3) is 0 Å². The van der Waals surface area contributed by atoms with E-state index in [0.717, 1.165) is 0 Å². The predicted octanol–water partition coefficient (Wildman–Crippen LogP) is 4.00. The minimum Gasteiger partial charge on any atom is -0.457 e. The highest BCUT2D eigenvalue weighted by Crippen LogP contribution is 2.27. The maximum Gasteiger partial charge on any atom is 0.247 e. The highest BCUT2D eigenvalue weighted by molar-refractivity contribution is 7.91. The lowest BCUT2D eigenvalue weighted by Crippen LogP contribution is -2.21.